The number of carboxylic acid groups (broad SMARTS) is 1. The monoisotopic (exact) mass is 273 g/mol. The van der Waals surface area contributed by atoms with E-state index in [0.29, 0.717) is 5.75 Å². The van der Waals surface area contributed by atoms with Crippen LogP contribution >= 0.6 is 0 Å². The number of phenols is 1. The van der Waals surface area contributed by atoms with Crippen LogP contribution < -0.4 is 9.64 Å². The molecule has 104 valence electrons. The highest BCUT2D eigenvalue weighted by molar-refractivity contribution is 5.90. The minimum absolute atomic E-state index is 0.131. The van der Waals surface area contributed by atoms with Gasteiger partial charge >= 0.3 is 5.97 Å². The topological polar surface area (TPSA) is 70.0 Å². The van der Waals surface area contributed by atoms with E-state index < -0.39 is 5.97 Å². The number of ether oxygens (including phenoxy) is 1. The Hall–Kier alpha value is -2.69. The van der Waals surface area contributed by atoms with Crippen LogP contribution in [0.1, 0.15) is 10.4 Å². The van der Waals surface area contributed by atoms with E-state index in [2.05, 4.69) is 0 Å². The minimum Gasteiger partial charge on any atom is -0.508 e. The van der Waals surface area contributed by atoms with Gasteiger partial charge in [-0.25, -0.2) is 4.79 Å². The van der Waals surface area contributed by atoms with Crippen LogP contribution in [0.25, 0.3) is 0 Å². The first-order chi connectivity index (χ1) is 9.58. The zero-order valence-electron chi connectivity index (χ0n) is 11.0. The van der Waals surface area contributed by atoms with Gasteiger partial charge in [-0.15, -0.1) is 0 Å². The molecule has 0 aliphatic carbocycles. The van der Waals surface area contributed by atoms with Crippen LogP contribution in [0.15, 0.2) is 48.5 Å². The summed E-state index contributed by atoms with van der Waals surface area (Å²) in [5.41, 5.74) is 0.988. The van der Waals surface area contributed by atoms with Gasteiger partial charge in [0.2, 0.25) is 0 Å². The molecule has 0 saturated carbocycles. The molecule has 2 aromatic rings. The summed E-state index contributed by atoms with van der Waals surface area (Å²) in [4.78, 5) is 12.9. The van der Waals surface area contributed by atoms with Crippen molar-refractivity contribution >= 4 is 11.7 Å². The van der Waals surface area contributed by atoms with E-state index in [0.717, 1.165) is 5.69 Å². The highest BCUT2D eigenvalue weighted by Crippen LogP contribution is 2.20. The van der Waals surface area contributed by atoms with Crippen molar-refractivity contribution in [2.24, 2.45) is 0 Å². The van der Waals surface area contributed by atoms with Gasteiger partial charge in [-0.3, -0.25) is 0 Å². The summed E-state index contributed by atoms with van der Waals surface area (Å²) >= 11 is 0. The lowest BCUT2D eigenvalue weighted by atomic mass is 10.2. The normalized spacial score (nSPS) is 10.1. The zero-order valence-corrected chi connectivity index (χ0v) is 11.0. The predicted octanol–water partition coefficient (Wildman–Crippen LogP) is 2.56. The number of carbonyl (C=O) groups is 1. The quantitative estimate of drug-likeness (QED) is 0.819. The molecular weight excluding hydrogens is 258 g/mol. The maximum Gasteiger partial charge on any atom is 0.339 e. The van der Waals surface area contributed by atoms with Gasteiger partial charge in [-0.2, -0.15) is 0 Å². The van der Waals surface area contributed by atoms with Gasteiger partial charge in [0.15, 0.2) is 6.73 Å². The fraction of sp³-hybridized carbons (Fsp3) is 0.133. The Kier molecular flexibility index (Phi) is 4.10. The third-order valence-corrected chi connectivity index (χ3v) is 2.82. The maximum atomic E-state index is 11.1. The van der Waals surface area contributed by atoms with Crippen LogP contribution in [0, 0.1) is 0 Å². The van der Waals surface area contributed by atoms with Gasteiger partial charge in [0.1, 0.15) is 17.1 Å². The van der Waals surface area contributed by atoms with E-state index in [-0.39, 0.29) is 18.0 Å². The van der Waals surface area contributed by atoms with Gasteiger partial charge in [0.25, 0.3) is 0 Å². The molecule has 2 rings (SSSR count). The van der Waals surface area contributed by atoms with Crippen molar-refractivity contribution < 1.29 is 19.7 Å². The van der Waals surface area contributed by atoms with Crippen LogP contribution in [0.5, 0.6) is 11.5 Å². The van der Waals surface area contributed by atoms with Gasteiger partial charge in [0, 0.05) is 12.7 Å². The number of benzene rings is 2. The summed E-state index contributed by atoms with van der Waals surface area (Å²) in [7, 11) is 1.82. The molecule has 0 aliphatic rings. The molecule has 0 unspecified atom stereocenters. The summed E-state index contributed by atoms with van der Waals surface area (Å²) in [5, 5.41) is 18.3. The van der Waals surface area contributed by atoms with Crippen LogP contribution in [0.2, 0.25) is 0 Å². The summed E-state index contributed by atoms with van der Waals surface area (Å²) in [6, 6.07) is 13.2. The summed E-state index contributed by atoms with van der Waals surface area (Å²) in [6.07, 6.45) is 0. The van der Waals surface area contributed by atoms with Crippen molar-refractivity contribution in [3.05, 3.63) is 54.1 Å². The number of rotatable bonds is 5. The maximum absolute atomic E-state index is 11.1. The van der Waals surface area contributed by atoms with E-state index in [1.54, 1.807) is 47.4 Å². The highest BCUT2D eigenvalue weighted by atomic mass is 16.5. The lowest BCUT2D eigenvalue weighted by Gasteiger charge is -2.20. The zero-order chi connectivity index (χ0) is 14.5. The van der Waals surface area contributed by atoms with Gasteiger partial charge in [-0.05, 0) is 36.4 Å². The first-order valence-corrected chi connectivity index (χ1v) is 6.03. The summed E-state index contributed by atoms with van der Waals surface area (Å²) < 4.78 is 5.53. The Morgan fingerprint density at radius 2 is 1.80 bits per heavy atom. The molecule has 2 N–H and O–H groups in total. The number of phenolic OH excluding ortho intramolecular Hbond substituents is 1. The van der Waals surface area contributed by atoms with Crippen molar-refractivity contribution in [1.29, 1.82) is 0 Å². The SMILES string of the molecule is CN(COc1ccccc1C(=O)O)c1ccc(O)cc1. The van der Waals surface area contributed by atoms with Crippen molar-refractivity contribution in [3.8, 4) is 11.5 Å². The number of carboxylic acids is 1. The van der Waals surface area contributed by atoms with Crippen LogP contribution in [-0.2, 0) is 0 Å². The Morgan fingerprint density at radius 3 is 2.45 bits per heavy atom. The molecule has 0 aromatic heterocycles. The molecule has 2 aromatic carbocycles. The number of para-hydroxylation sites is 1. The number of hydrogen-bond donors (Lipinski definition) is 2. The minimum atomic E-state index is -1.02. The van der Waals surface area contributed by atoms with Crippen molar-refractivity contribution in [3.63, 3.8) is 0 Å². The van der Waals surface area contributed by atoms with Crippen molar-refractivity contribution in [2.45, 2.75) is 0 Å². The standard InChI is InChI=1S/C15H15NO4/c1-16(11-6-8-12(17)9-7-11)10-20-14-5-3-2-4-13(14)15(18)19/h2-9,17H,10H2,1H3,(H,18,19). The van der Waals surface area contributed by atoms with Crippen molar-refractivity contribution in [1.82, 2.24) is 0 Å². The Balaban J connectivity index is 2.05. The molecule has 5 nitrogen and oxygen atoms in total. The molecule has 0 radical (unpaired) electrons. The lowest BCUT2D eigenvalue weighted by Crippen LogP contribution is -2.23. The number of aromatic hydroxyl groups is 1. The van der Waals surface area contributed by atoms with Crippen molar-refractivity contribution in [2.75, 3.05) is 18.7 Å². The second-order valence-electron chi connectivity index (χ2n) is 4.29. The van der Waals surface area contributed by atoms with E-state index in [1.165, 1.54) is 6.07 Å². The highest BCUT2D eigenvalue weighted by Gasteiger charge is 2.10. The molecule has 0 heterocycles. The molecule has 0 amide bonds. The molecule has 5 heteroatoms. The Labute approximate surface area is 116 Å². The predicted molar refractivity (Wildman–Crippen MR) is 75.4 cm³/mol. The van der Waals surface area contributed by atoms with Crippen LogP contribution in [0.3, 0.4) is 0 Å². The molecular formula is C15H15NO4. The molecule has 0 aliphatic heterocycles. The number of aromatic carboxylic acids is 1. The van der Waals surface area contributed by atoms with E-state index >= 15 is 0 Å². The largest absolute Gasteiger partial charge is 0.508 e. The fourth-order valence-electron chi connectivity index (χ4n) is 1.72. The second kappa shape index (κ2) is 5.97. The van der Waals surface area contributed by atoms with Gasteiger partial charge in [0.05, 0.1) is 0 Å². The number of nitrogens with zero attached hydrogens (tertiary/aromatic N) is 1. The lowest BCUT2D eigenvalue weighted by molar-refractivity contribution is 0.0692. The first kappa shape index (κ1) is 13.7. The first-order valence-electron chi connectivity index (χ1n) is 6.03. The van der Waals surface area contributed by atoms with E-state index in [1.807, 2.05) is 7.05 Å². The van der Waals surface area contributed by atoms with Crippen LogP contribution in [0.4, 0.5) is 5.69 Å². The third-order valence-electron chi connectivity index (χ3n) is 2.82. The second-order valence-corrected chi connectivity index (χ2v) is 4.29. The molecule has 0 bridgehead atoms. The fourth-order valence-corrected chi connectivity index (χ4v) is 1.72. The van der Waals surface area contributed by atoms with E-state index in [9.17, 15) is 9.90 Å². The molecule has 0 saturated heterocycles. The average Bonchev–Trinajstić information content (AvgIpc) is 2.45. The molecule has 20 heavy (non-hydrogen) atoms. The Bertz CT molecular complexity index is 595. The molecule has 0 spiro atoms. The third kappa shape index (κ3) is 3.20. The number of anilines is 1. The van der Waals surface area contributed by atoms with Crippen LogP contribution in [-0.4, -0.2) is 30.0 Å². The average molecular weight is 273 g/mol. The Morgan fingerprint density at radius 1 is 1.15 bits per heavy atom. The van der Waals surface area contributed by atoms with E-state index in [4.69, 9.17) is 9.84 Å². The van der Waals surface area contributed by atoms with Gasteiger partial charge < -0.3 is 19.8 Å². The summed E-state index contributed by atoms with van der Waals surface area (Å²) in [5.74, 6) is -0.502. The van der Waals surface area contributed by atoms with Gasteiger partial charge in [-0.1, -0.05) is 12.1 Å². The smallest absolute Gasteiger partial charge is 0.339 e. The molecule has 0 fully saturated rings. The molecule has 0 atom stereocenters. The number of hydrogen-bond acceptors (Lipinski definition) is 4. The summed E-state index contributed by atoms with van der Waals surface area (Å²) in [6.45, 7) is 0.203.